The Bertz CT molecular complexity index is 1010. The lowest BCUT2D eigenvalue weighted by molar-refractivity contribution is -0.135. The van der Waals surface area contributed by atoms with Gasteiger partial charge in [0.25, 0.3) is 0 Å². The summed E-state index contributed by atoms with van der Waals surface area (Å²) in [4.78, 5) is 0. The van der Waals surface area contributed by atoms with Crippen LogP contribution in [0.3, 0.4) is 0 Å². The molecule has 156 valence electrons. The van der Waals surface area contributed by atoms with Gasteiger partial charge in [-0.3, -0.25) is 0 Å². The first kappa shape index (κ1) is 19.7. The first-order valence-electron chi connectivity index (χ1n) is 11.2. The van der Waals surface area contributed by atoms with Gasteiger partial charge in [-0.2, -0.15) is 0 Å². The fourth-order valence-corrected chi connectivity index (χ4v) is 5.22. The third-order valence-electron chi connectivity index (χ3n) is 7.01. The molecule has 2 unspecified atom stereocenters. The number of benzene rings is 3. The summed E-state index contributed by atoms with van der Waals surface area (Å²) in [6.07, 6.45) is 4.80. The lowest BCUT2D eigenvalue weighted by Gasteiger charge is -2.35. The van der Waals surface area contributed by atoms with Crippen LogP contribution in [0.15, 0.2) is 66.7 Å². The number of hydrogen-bond donors (Lipinski definition) is 1. The molecule has 3 atom stereocenters. The Labute approximate surface area is 178 Å². The molecule has 1 aliphatic carbocycles. The number of hydrogen-bond acceptors (Lipinski definition) is 2. The standard InChI is InChI=1S/C27H30FNO/c1-19(25-11-5-7-21-6-2-3-10-26(21)25)29-24-9-4-8-22(16-24)20-12-14-23(15-13-20)27(28)17-30-18-27/h2-3,5-7,10-15,19,22,24,29H,4,8-9,16-18H2,1H3/t19-,22?,24?/m1/s1. The van der Waals surface area contributed by atoms with E-state index in [0.717, 1.165) is 12.0 Å². The second-order valence-corrected chi connectivity index (χ2v) is 9.10. The summed E-state index contributed by atoms with van der Waals surface area (Å²) in [5.41, 5.74) is 2.19. The minimum absolute atomic E-state index is 0.188. The maximum Gasteiger partial charge on any atom is 0.182 e. The van der Waals surface area contributed by atoms with E-state index >= 15 is 0 Å². The summed E-state index contributed by atoms with van der Waals surface area (Å²) >= 11 is 0. The van der Waals surface area contributed by atoms with Crippen molar-refractivity contribution >= 4 is 10.8 Å². The predicted octanol–water partition coefficient (Wildman–Crippen LogP) is 6.41. The van der Waals surface area contributed by atoms with Crippen molar-refractivity contribution in [2.75, 3.05) is 13.2 Å². The SMILES string of the molecule is C[C@@H](NC1CCCC(c2ccc(C3(F)COC3)cc2)C1)c1cccc2ccccc12. The van der Waals surface area contributed by atoms with Crippen molar-refractivity contribution < 1.29 is 9.13 Å². The highest BCUT2D eigenvalue weighted by Crippen LogP contribution is 2.37. The van der Waals surface area contributed by atoms with Crippen LogP contribution in [0.2, 0.25) is 0 Å². The van der Waals surface area contributed by atoms with Crippen molar-refractivity contribution in [3.8, 4) is 0 Å². The normalized spacial score (nSPS) is 24.3. The average molecular weight is 404 g/mol. The molecule has 30 heavy (non-hydrogen) atoms. The molecule has 1 heterocycles. The van der Waals surface area contributed by atoms with Gasteiger partial charge in [-0.05, 0) is 59.6 Å². The van der Waals surface area contributed by atoms with E-state index in [1.165, 1.54) is 41.2 Å². The fourth-order valence-electron chi connectivity index (χ4n) is 5.22. The lowest BCUT2D eigenvalue weighted by Crippen LogP contribution is -2.42. The summed E-state index contributed by atoms with van der Waals surface area (Å²) in [5.74, 6) is 0.540. The van der Waals surface area contributed by atoms with E-state index in [2.05, 4.69) is 66.8 Å². The molecule has 3 aromatic carbocycles. The number of alkyl halides is 1. The summed E-state index contributed by atoms with van der Waals surface area (Å²) < 4.78 is 19.6. The van der Waals surface area contributed by atoms with Crippen LogP contribution in [0, 0.1) is 0 Å². The zero-order valence-corrected chi connectivity index (χ0v) is 17.6. The summed E-state index contributed by atoms with van der Waals surface area (Å²) in [6, 6.07) is 24.2. The highest BCUT2D eigenvalue weighted by molar-refractivity contribution is 5.86. The van der Waals surface area contributed by atoms with Gasteiger partial charge in [-0.1, -0.05) is 73.2 Å². The van der Waals surface area contributed by atoms with Gasteiger partial charge in [0.2, 0.25) is 0 Å². The van der Waals surface area contributed by atoms with Crippen LogP contribution < -0.4 is 5.32 Å². The minimum Gasteiger partial charge on any atom is -0.374 e. The Balaban J connectivity index is 1.27. The van der Waals surface area contributed by atoms with E-state index in [0.29, 0.717) is 18.0 Å². The Kier molecular flexibility index (Phi) is 5.34. The zero-order chi connectivity index (χ0) is 20.6. The average Bonchev–Trinajstić information content (AvgIpc) is 2.77. The van der Waals surface area contributed by atoms with E-state index in [1.54, 1.807) is 0 Å². The molecule has 3 aromatic rings. The smallest absolute Gasteiger partial charge is 0.182 e. The number of rotatable bonds is 5. The highest BCUT2D eigenvalue weighted by Gasteiger charge is 2.40. The molecule has 0 bridgehead atoms. The largest absolute Gasteiger partial charge is 0.374 e. The predicted molar refractivity (Wildman–Crippen MR) is 121 cm³/mol. The molecule has 1 saturated heterocycles. The maximum absolute atomic E-state index is 14.6. The molecule has 3 heteroatoms. The van der Waals surface area contributed by atoms with Crippen molar-refractivity contribution in [1.82, 2.24) is 5.32 Å². The second-order valence-electron chi connectivity index (χ2n) is 9.10. The van der Waals surface area contributed by atoms with Crippen molar-refractivity contribution in [1.29, 1.82) is 0 Å². The molecule has 1 aliphatic heterocycles. The number of halogens is 1. The molecule has 1 saturated carbocycles. The maximum atomic E-state index is 14.6. The second kappa shape index (κ2) is 8.13. The van der Waals surface area contributed by atoms with Crippen molar-refractivity contribution in [2.24, 2.45) is 0 Å². The fraction of sp³-hybridized carbons (Fsp3) is 0.407. The molecular formula is C27H30FNO. The van der Waals surface area contributed by atoms with Gasteiger partial charge in [0.1, 0.15) is 0 Å². The molecular weight excluding hydrogens is 373 g/mol. The Morgan fingerprint density at radius 2 is 1.73 bits per heavy atom. The molecule has 5 rings (SSSR count). The molecule has 2 aliphatic rings. The molecule has 0 aromatic heterocycles. The van der Waals surface area contributed by atoms with Gasteiger partial charge < -0.3 is 10.1 Å². The van der Waals surface area contributed by atoms with Gasteiger partial charge in [0.05, 0.1) is 13.2 Å². The minimum atomic E-state index is -1.27. The van der Waals surface area contributed by atoms with Gasteiger partial charge in [-0.15, -0.1) is 0 Å². The molecule has 0 amide bonds. The van der Waals surface area contributed by atoms with Gasteiger partial charge in [0, 0.05) is 12.1 Å². The molecule has 0 spiro atoms. The zero-order valence-electron chi connectivity index (χ0n) is 17.6. The van der Waals surface area contributed by atoms with Crippen LogP contribution in [0.5, 0.6) is 0 Å². The number of fused-ring (bicyclic) bond motifs is 1. The van der Waals surface area contributed by atoms with E-state index in [4.69, 9.17) is 4.74 Å². The van der Waals surface area contributed by atoms with Gasteiger partial charge in [-0.25, -0.2) is 4.39 Å². The summed E-state index contributed by atoms with van der Waals surface area (Å²) in [7, 11) is 0. The van der Waals surface area contributed by atoms with Crippen LogP contribution in [0.25, 0.3) is 10.8 Å². The first-order valence-corrected chi connectivity index (χ1v) is 11.2. The topological polar surface area (TPSA) is 21.3 Å². The molecule has 1 N–H and O–H groups in total. The monoisotopic (exact) mass is 403 g/mol. The Morgan fingerprint density at radius 3 is 2.50 bits per heavy atom. The molecule has 2 fully saturated rings. The van der Waals surface area contributed by atoms with Crippen LogP contribution in [-0.2, 0) is 10.4 Å². The van der Waals surface area contributed by atoms with Crippen LogP contribution in [-0.4, -0.2) is 19.3 Å². The lowest BCUT2D eigenvalue weighted by atomic mass is 9.80. The summed E-state index contributed by atoms with van der Waals surface area (Å²) in [6.45, 7) is 2.66. The van der Waals surface area contributed by atoms with E-state index in [1.807, 2.05) is 12.1 Å². The number of ether oxygens (including phenoxy) is 1. The molecule has 0 radical (unpaired) electrons. The van der Waals surface area contributed by atoms with Gasteiger partial charge >= 0.3 is 0 Å². The summed E-state index contributed by atoms with van der Waals surface area (Å²) in [5, 5.41) is 6.54. The van der Waals surface area contributed by atoms with E-state index in [-0.39, 0.29) is 13.2 Å². The third-order valence-corrected chi connectivity index (χ3v) is 7.01. The van der Waals surface area contributed by atoms with Crippen molar-refractivity contribution in [2.45, 2.75) is 56.3 Å². The Hall–Kier alpha value is -2.23. The quantitative estimate of drug-likeness (QED) is 0.531. The first-order chi connectivity index (χ1) is 14.6. The third kappa shape index (κ3) is 3.77. The van der Waals surface area contributed by atoms with Crippen molar-refractivity contribution in [3.63, 3.8) is 0 Å². The number of nitrogens with one attached hydrogen (secondary N) is 1. The molecule has 2 nitrogen and oxygen atoms in total. The van der Waals surface area contributed by atoms with Crippen molar-refractivity contribution in [3.05, 3.63) is 83.4 Å². The Morgan fingerprint density at radius 1 is 0.967 bits per heavy atom. The van der Waals surface area contributed by atoms with E-state index < -0.39 is 5.67 Å². The van der Waals surface area contributed by atoms with Crippen LogP contribution in [0.4, 0.5) is 4.39 Å². The van der Waals surface area contributed by atoms with Crippen LogP contribution in [0.1, 0.15) is 61.3 Å². The highest BCUT2D eigenvalue weighted by atomic mass is 19.1. The van der Waals surface area contributed by atoms with E-state index in [9.17, 15) is 4.39 Å². The van der Waals surface area contributed by atoms with Gasteiger partial charge in [0.15, 0.2) is 5.67 Å². The van der Waals surface area contributed by atoms with Crippen LogP contribution >= 0.6 is 0 Å².